The summed E-state index contributed by atoms with van der Waals surface area (Å²) in [6, 6.07) is 1.58. The zero-order chi connectivity index (χ0) is 7.84. The minimum atomic E-state index is 0. The van der Waals surface area contributed by atoms with Crippen LogP contribution in [0.2, 0.25) is 0 Å². The van der Waals surface area contributed by atoms with Gasteiger partial charge in [0.2, 0.25) is 0 Å². The molecule has 1 aromatic heterocycles. The highest BCUT2D eigenvalue weighted by atomic mass is 35.5. The molecule has 6 heteroatoms. The Bertz CT molecular complexity index is 348. The van der Waals surface area contributed by atoms with Crippen molar-refractivity contribution in [3.63, 3.8) is 0 Å². The monoisotopic (exact) mass is 204 g/mol. The van der Waals surface area contributed by atoms with Crippen LogP contribution in [0.25, 0.3) is 0 Å². The molecule has 0 atom stereocenters. The molecule has 0 aliphatic carbocycles. The van der Waals surface area contributed by atoms with Gasteiger partial charge in [0.1, 0.15) is 5.82 Å². The van der Waals surface area contributed by atoms with Crippen molar-refractivity contribution in [3.05, 3.63) is 11.6 Å². The largest absolute Gasteiger partial charge is 0.385 e. The van der Waals surface area contributed by atoms with Crippen molar-refractivity contribution < 1.29 is 0 Å². The molecule has 0 amide bonds. The van der Waals surface area contributed by atoms with Crippen molar-refractivity contribution >= 4 is 30.0 Å². The average molecular weight is 205 g/mol. The van der Waals surface area contributed by atoms with Crippen LogP contribution in [0.5, 0.6) is 0 Å². The van der Waals surface area contributed by atoms with E-state index in [9.17, 15) is 0 Å². The summed E-state index contributed by atoms with van der Waals surface area (Å²) in [5, 5.41) is 8.16. The number of nitrogen functional groups attached to an aromatic ring is 1. The predicted octanol–water partition coefficient (Wildman–Crippen LogP) is 0.472. The maximum absolute atomic E-state index is 7.29. The first-order chi connectivity index (χ1) is 5.27. The number of aromatic nitrogens is 2. The number of hydrogen-bond acceptors (Lipinski definition) is 4. The summed E-state index contributed by atoms with van der Waals surface area (Å²) in [7, 11) is 0. The zero-order valence-corrected chi connectivity index (χ0v) is 7.91. The molecule has 0 saturated heterocycles. The second kappa shape index (κ2) is 3.37. The first kappa shape index (κ1) is 9.41. The molecule has 66 valence electrons. The fourth-order valence-electron chi connectivity index (χ4n) is 1.09. The van der Waals surface area contributed by atoms with Crippen molar-refractivity contribution in [1.29, 1.82) is 5.41 Å². The molecule has 0 bridgehead atoms. The van der Waals surface area contributed by atoms with Crippen LogP contribution < -0.4 is 11.2 Å². The molecule has 4 nitrogen and oxygen atoms in total. The number of rotatable bonds is 0. The van der Waals surface area contributed by atoms with E-state index in [4.69, 9.17) is 11.1 Å². The van der Waals surface area contributed by atoms with Crippen LogP contribution in [0.15, 0.2) is 11.2 Å². The minimum Gasteiger partial charge on any atom is -0.385 e. The number of nitrogens with two attached hydrogens (primary N) is 1. The Balaban J connectivity index is 0.000000720. The van der Waals surface area contributed by atoms with Crippen LogP contribution in [-0.2, 0) is 6.54 Å². The highest BCUT2D eigenvalue weighted by molar-refractivity contribution is 7.99. The number of halogens is 1. The van der Waals surface area contributed by atoms with Gasteiger partial charge in [0.15, 0.2) is 10.6 Å². The van der Waals surface area contributed by atoms with Gasteiger partial charge in [-0.15, -0.1) is 12.4 Å². The molecule has 2 heterocycles. The van der Waals surface area contributed by atoms with E-state index in [2.05, 4.69) is 4.98 Å². The molecule has 2 rings (SSSR count). The molecule has 0 saturated carbocycles. The predicted molar refractivity (Wildman–Crippen MR) is 50.5 cm³/mol. The second-order valence-electron chi connectivity index (χ2n) is 2.35. The smallest absolute Gasteiger partial charge is 0.171 e. The van der Waals surface area contributed by atoms with Gasteiger partial charge in [0, 0.05) is 18.4 Å². The van der Waals surface area contributed by atoms with Crippen molar-refractivity contribution in [2.45, 2.75) is 11.7 Å². The van der Waals surface area contributed by atoms with Crippen LogP contribution >= 0.6 is 24.2 Å². The molecule has 0 unspecified atom stereocenters. The van der Waals surface area contributed by atoms with Crippen LogP contribution in [-0.4, -0.2) is 15.3 Å². The Labute approximate surface area is 80.1 Å². The summed E-state index contributed by atoms with van der Waals surface area (Å²) in [5.41, 5.74) is 5.92. The third-order valence-corrected chi connectivity index (χ3v) is 2.55. The molecule has 3 N–H and O–H groups in total. The van der Waals surface area contributed by atoms with Gasteiger partial charge in [-0.3, -0.25) is 5.41 Å². The molecule has 0 fully saturated rings. The molecule has 1 aromatic rings. The summed E-state index contributed by atoms with van der Waals surface area (Å²) in [5.74, 6) is 1.66. The van der Waals surface area contributed by atoms with Gasteiger partial charge < -0.3 is 10.3 Å². The number of thioether (sulfide) groups is 1. The van der Waals surface area contributed by atoms with Crippen molar-refractivity contribution in [3.8, 4) is 0 Å². The Morgan fingerprint density at radius 3 is 3.17 bits per heavy atom. The number of hydrogen-bond donors (Lipinski definition) is 2. The van der Waals surface area contributed by atoms with Gasteiger partial charge in [-0.2, -0.15) is 0 Å². The zero-order valence-electron chi connectivity index (χ0n) is 6.28. The molecule has 0 radical (unpaired) electrons. The molecular weight excluding hydrogens is 196 g/mol. The molecule has 1 aliphatic heterocycles. The van der Waals surface area contributed by atoms with Gasteiger partial charge in [-0.1, -0.05) is 11.8 Å². The topological polar surface area (TPSA) is 67.7 Å². The van der Waals surface area contributed by atoms with Crippen LogP contribution in [0.3, 0.4) is 0 Å². The van der Waals surface area contributed by atoms with E-state index >= 15 is 0 Å². The van der Waals surface area contributed by atoms with Gasteiger partial charge in [0.25, 0.3) is 0 Å². The molecule has 1 aliphatic rings. The lowest BCUT2D eigenvalue weighted by atomic mass is 10.5. The number of fused-ring (bicyclic) bond motifs is 1. The van der Waals surface area contributed by atoms with E-state index in [0.717, 1.165) is 17.5 Å². The van der Waals surface area contributed by atoms with E-state index in [-0.39, 0.29) is 17.9 Å². The van der Waals surface area contributed by atoms with Crippen molar-refractivity contribution in [1.82, 2.24) is 9.55 Å². The van der Waals surface area contributed by atoms with Gasteiger partial charge >= 0.3 is 0 Å². The van der Waals surface area contributed by atoms with E-state index in [0.29, 0.717) is 5.82 Å². The molecule has 0 spiro atoms. The van der Waals surface area contributed by atoms with E-state index < -0.39 is 0 Å². The molecule has 12 heavy (non-hydrogen) atoms. The summed E-state index contributed by atoms with van der Waals surface area (Å²) in [6.07, 6.45) is 0. The highest BCUT2D eigenvalue weighted by Gasteiger charge is 2.12. The summed E-state index contributed by atoms with van der Waals surface area (Å²) < 4.78 is 1.93. The van der Waals surface area contributed by atoms with Crippen molar-refractivity contribution in [2.24, 2.45) is 0 Å². The van der Waals surface area contributed by atoms with E-state index in [1.165, 1.54) is 0 Å². The van der Waals surface area contributed by atoms with Crippen LogP contribution in [0.1, 0.15) is 0 Å². The third kappa shape index (κ3) is 1.42. The van der Waals surface area contributed by atoms with Crippen LogP contribution in [0, 0.1) is 5.41 Å². The second-order valence-corrected chi connectivity index (χ2v) is 3.41. The van der Waals surface area contributed by atoms with Gasteiger partial charge in [-0.05, 0) is 0 Å². The summed E-state index contributed by atoms with van der Waals surface area (Å²) in [4.78, 5) is 4.03. The first-order valence-electron chi connectivity index (χ1n) is 3.32. The van der Waals surface area contributed by atoms with Gasteiger partial charge in [-0.25, -0.2) is 4.98 Å². The standard InChI is InChI=1S/C6H8N4S.ClH/c7-4-3-5(8)10-1-2-11-6(10)9-4;/h3,7H,1-2,8H2;1H. The van der Waals surface area contributed by atoms with Crippen LogP contribution in [0.4, 0.5) is 5.82 Å². The number of nitrogens with zero attached hydrogens (tertiary/aromatic N) is 2. The average Bonchev–Trinajstić information content (AvgIpc) is 2.34. The first-order valence-corrected chi connectivity index (χ1v) is 4.31. The maximum atomic E-state index is 7.29. The highest BCUT2D eigenvalue weighted by Crippen LogP contribution is 2.23. The lowest BCUT2D eigenvalue weighted by Crippen LogP contribution is -2.14. The molecule has 0 aromatic carbocycles. The lowest BCUT2D eigenvalue weighted by molar-refractivity contribution is 0.680. The van der Waals surface area contributed by atoms with Gasteiger partial charge in [0.05, 0.1) is 0 Å². The fraction of sp³-hybridized carbons (Fsp3) is 0.333. The summed E-state index contributed by atoms with van der Waals surface area (Å²) in [6.45, 7) is 0.916. The Morgan fingerprint density at radius 2 is 2.42 bits per heavy atom. The third-order valence-electron chi connectivity index (χ3n) is 1.59. The normalized spacial score (nSPS) is 13.7. The van der Waals surface area contributed by atoms with E-state index in [1.54, 1.807) is 17.8 Å². The molecular formula is C6H9ClN4S. The number of nitrogens with one attached hydrogen (secondary N) is 1. The Morgan fingerprint density at radius 1 is 1.67 bits per heavy atom. The minimum absolute atomic E-state index is 0. The van der Waals surface area contributed by atoms with Crippen molar-refractivity contribution in [2.75, 3.05) is 11.5 Å². The lowest BCUT2D eigenvalue weighted by Gasteiger charge is -2.04. The quantitative estimate of drug-likeness (QED) is 0.604. The Kier molecular flexibility index (Phi) is 2.64. The fourth-order valence-corrected chi connectivity index (χ4v) is 2.06. The summed E-state index contributed by atoms with van der Waals surface area (Å²) >= 11 is 1.65. The maximum Gasteiger partial charge on any atom is 0.171 e. The van der Waals surface area contributed by atoms with E-state index in [1.807, 2.05) is 4.57 Å². The SMILES string of the molecule is Cl.N=c1cc(N)n2c(n1)SCC2. The number of anilines is 1. The Hall–Kier alpha value is -0.680.